The smallest absolute Gasteiger partial charge is 0.308 e. The molecule has 0 aromatic heterocycles. The highest BCUT2D eigenvalue weighted by Gasteiger charge is 2.10. The van der Waals surface area contributed by atoms with Crippen molar-refractivity contribution in [3.63, 3.8) is 0 Å². The van der Waals surface area contributed by atoms with Gasteiger partial charge >= 0.3 is 5.97 Å². The van der Waals surface area contributed by atoms with Crippen LogP contribution in [0, 0.1) is 5.82 Å². The summed E-state index contributed by atoms with van der Waals surface area (Å²) >= 11 is 0. The highest BCUT2D eigenvalue weighted by molar-refractivity contribution is 5.79. The molecule has 4 nitrogen and oxygen atoms in total. The number of para-hydroxylation sites is 1. The minimum absolute atomic E-state index is 0.00963. The molecule has 0 saturated carbocycles. The fraction of sp³-hybridized carbons (Fsp3) is 0.111. The van der Waals surface area contributed by atoms with E-state index in [1.165, 1.54) is 19.1 Å². The van der Waals surface area contributed by atoms with Gasteiger partial charge in [0.1, 0.15) is 5.69 Å². The molecule has 0 radical (unpaired) electrons. The maximum Gasteiger partial charge on any atom is 0.308 e. The molecular weight excluding hydrogens is 189 g/mol. The Hall–Kier alpha value is -1.91. The lowest BCUT2D eigenvalue weighted by atomic mass is 10.3. The molecule has 0 spiro atoms. The van der Waals surface area contributed by atoms with Crippen molar-refractivity contribution in [3.8, 4) is 5.75 Å². The maximum atomic E-state index is 13.1. The predicted octanol–water partition coefficient (Wildman–Crippen LogP) is 1.32. The van der Waals surface area contributed by atoms with Gasteiger partial charge in [0.2, 0.25) is 6.41 Å². The molecule has 0 fully saturated rings. The molecule has 74 valence electrons. The first-order chi connectivity index (χ1) is 6.65. The van der Waals surface area contributed by atoms with Crippen LogP contribution in [-0.2, 0) is 9.59 Å². The highest BCUT2D eigenvalue weighted by atomic mass is 19.1. The summed E-state index contributed by atoms with van der Waals surface area (Å²) in [4.78, 5) is 20.8. The van der Waals surface area contributed by atoms with Crippen molar-refractivity contribution in [3.05, 3.63) is 24.0 Å². The van der Waals surface area contributed by atoms with Gasteiger partial charge in [-0.15, -0.1) is 0 Å². The number of anilines is 1. The number of hydrogen-bond acceptors (Lipinski definition) is 3. The molecule has 1 aromatic rings. The summed E-state index contributed by atoms with van der Waals surface area (Å²) in [5.74, 6) is -1.25. The summed E-state index contributed by atoms with van der Waals surface area (Å²) in [5, 5.41) is 2.12. The third kappa shape index (κ3) is 2.29. The van der Waals surface area contributed by atoms with Gasteiger partial charge in [0, 0.05) is 6.92 Å². The summed E-state index contributed by atoms with van der Waals surface area (Å²) < 4.78 is 17.8. The van der Waals surface area contributed by atoms with Gasteiger partial charge in [0.05, 0.1) is 0 Å². The molecule has 1 N–H and O–H groups in total. The average molecular weight is 197 g/mol. The topological polar surface area (TPSA) is 55.4 Å². The van der Waals surface area contributed by atoms with E-state index in [-0.39, 0.29) is 11.4 Å². The number of hydrogen-bond donors (Lipinski definition) is 1. The first-order valence-corrected chi connectivity index (χ1v) is 3.82. The number of halogens is 1. The fourth-order valence-electron chi connectivity index (χ4n) is 0.943. The number of carbonyl (C=O) groups is 2. The first kappa shape index (κ1) is 10.2. The van der Waals surface area contributed by atoms with Crippen LogP contribution in [0.25, 0.3) is 0 Å². The molecule has 0 aliphatic heterocycles. The maximum absolute atomic E-state index is 13.1. The van der Waals surface area contributed by atoms with Crippen LogP contribution in [0.4, 0.5) is 10.1 Å². The van der Waals surface area contributed by atoms with Gasteiger partial charge in [-0.3, -0.25) is 9.59 Å². The van der Waals surface area contributed by atoms with E-state index in [2.05, 4.69) is 10.1 Å². The Balaban J connectivity index is 3.06. The minimum atomic E-state index is -0.657. The quantitative estimate of drug-likeness (QED) is 0.451. The van der Waals surface area contributed by atoms with Gasteiger partial charge in [-0.2, -0.15) is 0 Å². The molecule has 0 saturated heterocycles. The van der Waals surface area contributed by atoms with Gasteiger partial charge < -0.3 is 10.1 Å². The molecule has 0 aliphatic carbocycles. The molecule has 1 rings (SSSR count). The molecule has 14 heavy (non-hydrogen) atoms. The normalized spacial score (nSPS) is 9.29. The van der Waals surface area contributed by atoms with E-state index in [4.69, 9.17) is 0 Å². The predicted molar refractivity (Wildman–Crippen MR) is 47.4 cm³/mol. The van der Waals surface area contributed by atoms with E-state index in [9.17, 15) is 14.0 Å². The second-order valence-corrected chi connectivity index (χ2v) is 2.47. The zero-order valence-electron chi connectivity index (χ0n) is 7.41. The van der Waals surface area contributed by atoms with Crippen molar-refractivity contribution >= 4 is 18.1 Å². The SMILES string of the molecule is CC(=O)Oc1cccc(F)c1NC=O. The molecule has 5 heteroatoms. The van der Waals surface area contributed by atoms with Crippen LogP contribution in [-0.4, -0.2) is 12.4 Å². The zero-order valence-corrected chi connectivity index (χ0v) is 7.41. The average Bonchev–Trinajstić information content (AvgIpc) is 2.10. The Morgan fingerprint density at radius 2 is 2.29 bits per heavy atom. The number of carbonyl (C=O) groups excluding carboxylic acids is 2. The van der Waals surface area contributed by atoms with E-state index in [0.717, 1.165) is 6.07 Å². The molecule has 0 atom stereocenters. The summed E-state index contributed by atoms with van der Waals surface area (Å²) in [5.41, 5.74) is -0.141. The highest BCUT2D eigenvalue weighted by Crippen LogP contribution is 2.26. The van der Waals surface area contributed by atoms with Gasteiger partial charge in [-0.05, 0) is 12.1 Å². The van der Waals surface area contributed by atoms with Crippen molar-refractivity contribution < 1.29 is 18.7 Å². The van der Waals surface area contributed by atoms with Crippen molar-refractivity contribution in [1.82, 2.24) is 0 Å². The van der Waals surface area contributed by atoms with Gasteiger partial charge in [-0.1, -0.05) is 6.07 Å². The number of ether oxygens (including phenoxy) is 1. The van der Waals surface area contributed by atoms with E-state index < -0.39 is 11.8 Å². The summed E-state index contributed by atoms with van der Waals surface area (Å²) in [6.45, 7) is 1.19. The molecule has 0 unspecified atom stereocenters. The Morgan fingerprint density at radius 3 is 2.86 bits per heavy atom. The summed E-state index contributed by atoms with van der Waals surface area (Å²) in [6, 6.07) is 3.92. The van der Waals surface area contributed by atoms with E-state index in [0.29, 0.717) is 6.41 Å². The third-order valence-electron chi connectivity index (χ3n) is 1.43. The second kappa shape index (κ2) is 4.36. The van der Waals surface area contributed by atoms with Crippen LogP contribution in [0.3, 0.4) is 0 Å². The second-order valence-electron chi connectivity index (χ2n) is 2.47. The van der Waals surface area contributed by atoms with Crippen molar-refractivity contribution in [2.75, 3.05) is 5.32 Å². The first-order valence-electron chi connectivity index (χ1n) is 3.82. The lowest BCUT2D eigenvalue weighted by Crippen LogP contribution is -2.06. The molecule has 0 bridgehead atoms. The number of amides is 1. The largest absolute Gasteiger partial charge is 0.424 e. The van der Waals surface area contributed by atoms with Crippen LogP contribution in [0.5, 0.6) is 5.75 Å². The van der Waals surface area contributed by atoms with Crippen molar-refractivity contribution in [2.24, 2.45) is 0 Å². The van der Waals surface area contributed by atoms with Gasteiger partial charge in [0.25, 0.3) is 0 Å². The molecule has 0 aliphatic rings. The van der Waals surface area contributed by atoms with E-state index in [1.807, 2.05) is 0 Å². The standard InChI is InChI=1S/C9H8FNO3/c1-6(13)14-8-4-2-3-7(10)9(8)11-5-12/h2-5H,1H3,(H,11,12). The van der Waals surface area contributed by atoms with Gasteiger partial charge in [-0.25, -0.2) is 4.39 Å². The van der Waals surface area contributed by atoms with E-state index >= 15 is 0 Å². The van der Waals surface area contributed by atoms with Gasteiger partial charge in [0.15, 0.2) is 11.6 Å². The Bertz CT molecular complexity index is 365. The third-order valence-corrected chi connectivity index (χ3v) is 1.43. The van der Waals surface area contributed by atoms with Crippen LogP contribution in [0.2, 0.25) is 0 Å². The lowest BCUT2D eigenvalue weighted by molar-refractivity contribution is -0.131. The monoisotopic (exact) mass is 197 g/mol. The van der Waals surface area contributed by atoms with Crippen molar-refractivity contribution in [2.45, 2.75) is 6.92 Å². The van der Waals surface area contributed by atoms with Crippen LogP contribution in [0.15, 0.2) is 18.2 Å². The summed E-state index contributed by atoms with van der Waals surface area (Å²) in [7, 11) is 0. The van der Waals surface area contributed by atoms with E-state index in [1.54, 1.807) is 0 Å². The Morgan fingerprint density at radius 1 is 1.57 bits per heavy atom. The number of benzene rings is 1. The number of esters is 1. The molecule has 1 aromatic carbocycles. The molecular formula is C9H8FNO3. The van der Waals surface area contributed by atoms with Crippen molar-refractivity contribution in [1.29, 1.82) is 0 Å². The Labute approximate surface area is 79.7 Å². The van der Waals surface area contributed by atoms with Crippen LogP contribution < -0.4 is 10.1 Å². The Kier molecular flexibility index (Phi) is 3.17. The number of nitrogens with one attached hydrogen (secondary N) is 1. The molecule has 0 heterocycles. The van der Waals surface area contributed by atoms with Crippen LogP contribution in [0.1, 0.15) is 6.92 Å². The number of rotatable bonds is 3. The summed E-state index contributed by atoms with van der Waals surface area (Å²) in [6.07, 6.45) is 0.311. The fourth-order valence-corrected chi connectivity index (χ4v) is 0.943. The van der Waals surface area contributed by atoms with Crippen LogP contribution >= 0.6 is 0 Å². The lowest BCUT2D eigenvalue weighted by Gasteiger charge is -2.07. The minimum Gasteiger partial charge on any atom is -0.424 e. The zero-order chi connectivity index (χ0) is 10.6. The molecule has 1 amide bonds.